The Hall–Kier alpha value is -2.63. The van der Waals surface area contributed by atoms with Crippen LogP contribution in [0.15, 0.2) is 36.7 Å². The molecule has 1 atom stereocenters. The van der Waals surface area contributed by atoms with Gasteiger partial charge in [-0.25, -0.2) is 0 Å². The molecule has 1 saturated heterocycles. The minimum atomic E-state index is -0.132. The van der Waals surface area contributed by atoms with E-state index in [-0.39, 0.29) is 17.9 Å². The monoisotopic (exact) mass is 340 g/mol. The van der Waals surface area contributed by atoms with Crippen molar-refractivity contribution in [3.8, 4) is 11.1 Å². The Morgan fingerprint density at radius 1 is 1.24 bits per heavy atom. The van der Waals surface area contributed by atoms with Crippen LogP contribution in [-0.2, 0) is 11.3 Å². The van der Waals surface area contributed by atoms with Crippen molar-refractivity contribution in [3.63, 3.8) is 0 Å². The van der Waals surface area contributed by atoms with E-state index < -0.39 is 0 Å². The van der Waals surface area contributed by atoms with Gasteiger partial charge in [-0.1, -0.05) is 19.1 Å². The molecule has 2 aromatic rings. The summed E-state index contributed by atoms with van der Waals surface area (Å²) in [5.74, 6) is -0.0117. The van der Waals surface area contributed by atoms with Crippen LogP contribution in [0.3, 0.4) is 0 Å². The molecule has 1 aromatic carbocycles. The first kappa shape index (κ1) is 17.2. The van der Waals surface area contributed by atoms with Crippen molar-refractivity contribution in [2.45, 2.75) is 39.3 Å². The van der Waals surface area contributed by atoms with Crippen molar-refractivity contribution in [2.24, 2.45) is 0 Å². The summed E-state index contributed by atoms with van der Waals surface area (Å²) in [5, 5.41) is 7.24. The highest BCUT2D eigenvalue weighted by Crippen LogP contribution is 2.19. The second kappa shape index (κ2) is 7.51. The number of nitrogens with zero attached hydrogens (tertiary/aromatic N) is 3. The van der Waals surface area contributed by atoms with Crippen LogP contribution in [0.25, 0.3) is 11.1 Å². The smallest absolute Gasteiger partial charge is 0.251 e. The number of carbonyl (C=O) groups is 2. The number of hydrogen-bond acceptors (Lipinski definition) is 3. The molecule has 1 aliphatic heterocycles. The van der Waals surface area contributed by atoms with E-state index in [1.807, 2.05) is 60.1 Å². The Labute approximate surface area is 147 Å². The zero-order valence-corrected chi connectivity index (χ0v) is 14.7. The van der Waals surface area contributed by atoms with Crippen LogP contribution in [0.1, 0.15) is 37.0 Å². The van der Waals surface area contributed by atoms with Crippen LogP contribution >= 0.6 is 0 Å². The number of nitrogens with one attached hydrogen (secondary N) is 1. The first-order chi connectivity index (χ1) is 12.1. The summed E-state index contributed by atoms with van der Waals surface area (Å²) in [5.41, 5.74) is 2.67. The van der Waals surface area contributed by atoms with Gasteiger partial charge in [-0.15, -0.1) is 0 Å². The number of aromatic nitrogens is 2. The number of rotatable bonds is 6. The standard InChI is InChI=1S/C19H24N4O2/c1-3-9-22-13-17(10-18(22)24)21-19(25)15-7-5-14(6-8-15)16-11-20-23(4-2)12-16/h5-8,11-12,17H,3-4,9-10,13H2,1-2H3,(H,21,25). The van der Waals surface area contributed by atoms with Gasteiger partial charge in [0.25, 0.3) is 5.91 Å². The summed E-state index contributed by atoms with van der Waals surface area (Å²) in [4.78, 5) is 26.1. The molecule has 1 unspecified atom stereocenters. The SMILES string of the molecule is CCCN1CC(NC(=O)c2ccc(-c3cnn(CC)c3)cc2)CC1=O. The molecule has 0 radical (unpaired) electrons. The molecular weight excluding hydrogens is 316 g/mol. The molecule has 132 valence electrons. The fraction of sp³-hybridized carbons (Fsp3) is 0.421. The van der Waals surface area contributed by atoms with E-state index in [2.05, 4.69) is 10.4 Å². The van der Waals surface area contributed by atoms with Crippen LogP contribution in [-0.4, -0.2) is 45.6 Å². The van der Waals surface area contributed by atoms with E-state index in [0.29, 0.717) is 18.5 Å². The normalized spacial score (nSPS) is 17.1. The largest absolute Gasteiger partial charge is 0.347 e. The molecule has 1 fully saturated rings. The first-order valence-corrected chi connectivity index (χ1v) is 8.82. The molecule has 0 bridgehead atoms. The maximum absolute atomic E-state index is 12.4. The van der Waals surface area contributed by atoms with E-state index in [0.717, 1.165) is 30.6 Å². The summed E-state index contributed by atoms with van der Waals surface area (Å²) in [7, 11) is 0. The highest BCUT2D eigenvalue weighted by molar-refractivity contribution is 5.95. The number of carbonyl (C=O) groups excluding carboxylic acids is 2. The lowest BCUT2D eigenvalue weighted by molar-refractivity contribution is -0.127. The Kier molecular flexibility index (Phi) is 5.16. The molecule has 6 nitrogen and oxygen atoms in total. The van der Waals surface area contributed by atoms with Gasteiger partial charge in [-0.2, -0.15) is 5.10 Å². The molecule has 1 aromatic heterocycles. The average molecular weight is 340 g/mol. The fourth-order valence-corrected chi connectivity index (χ4v) is 3.12. The van der Waals surface area contributed by atoms with Crippen molar-refractivity contribution in [2.75, 3.05) is 13.1 Å². The number of aryl methyl sites for hydroxylation is 1. The van der Waals surface area contributed by atoms with E-state index >= 15 is 0 Å². The maximum atomic E-state index is 12.4. The molecule has 1 N–H and O–H groups in total. The predicted octanol–water partition coefficient (Wildman–Crippen LogP) is 2.31. The predicted molar refractivity (Wildman–Crippen MR) is 96.1 cm³/mol. The van der Waals surface area contributed by atoms with Crippen LogP contribution in [0.4, 0.5) is 0 Å². The number of hydrogen-bond donors (Lipinski definition) is 1. The van der Waals surface area contributed by atoms with Gasteiger partial charge in [0, 0.05) is 43.4 Å². The van der Waals surface area contributed by atoms with E-state index in [1.54, 1.807) is 0 Å². The third kappa shape index (κ3) is 3.90. The summed E-state index contributed by atoms with van der Waals surface area (Å²) in [6, 6.07) is 7.38. The molecule has 25 heavy (non-hydrogen) atoms. The van der Waals surface area contributed by atoms with Crippen LogP contribution in [0.5, 0.6) is 0 Å². The zero-order chi connectivity index (χ0) is 17.8. The Bertz CT molecular complexity index is 751. The van der Waals surface area contributed by atoms with Crippen molar-refractivity contribution < 1.29 is 9.59 Å². The quantitative estimate of drug-likeness (QED) is 0.877. The molecule has 0 spiro atoms. The van der Waals surface area contributed by atoms with Gasteiger partial charge in [0.2, 0.25) is 5.91 Å². The Balaban J connectivity index is 1.62. The topological polar surface area (TPSA) is 67.2 Å². The van der Waals surface area contributed by atoms with Crippen LogP contribution in [0.2, 0.25) is 0 Å². The summed E-state index contributed by atoms with van der Waals surface area (Å²) in [6.07, 6.45) is 5.13. The number of likely N-dealkylation sites (tertiary alicyclic amines) is 1. The minimum absolute atomic E-state index is 0.103. The lowest BCUT2D eigenvalue weighted by atomic mass is 10.1. The van der Waals surface area contributed by atoms with Crippen molar-refractivity contribution in [3.05, 3.63) is 42.2 Å². The van der Waals surface area contributed by atoms with E-state index in [1.165, 1.54) is 0 Å². The van der Waals surface area contributed by atoms with Gasteiger partial charge >= 0.3 is 0 Å². The van der Waals surface area contributed by atoms with E-state index in [9.17, 15) is 9.59 Å². The first-order valence-electron chi connectivity index (χ1n) is 8.82. The second-order valence-electron chi connectivity index (χ2n) is 6.38. The Morgan fingerprint density at radius 3 is 2.64 bits per heavy atom. The van der Waals surface area contributed by atoms with Gasteiger partial charge in [-0.05, 0) is 31.0 Å². The molecule has 2 heterocycles. The third-order valence-electron chi connectivity index (χ3n) is 4.48. The molecule has 1 aliphatic rings. The lowest BCUT2D eigenvalue weighted by Gasteiger charge is -2.16. The van der Waals surface area contributed by atoms with Crippen LogP contribution in [0, 0.1) is 0 Å². The zero-order valence-electron chi connectivity index (χ0n) is 14.7. The van der Waals surface area contributed by atoms with Gasteiger partial charge in [0.05, 0.1) is 12.2 Å². The maximum Gasteiger partial charge on any atom is 0.251 e. The lowest BCUT2D eigenvalue weighted by Crippen LogP contribution is -2.37. The highest BCUT2D eigenvalue weighted by atomic mass is 16.2. The number of benzene rings is 1. The third-order valence-corrected chi connectivity index (χ3v) is 4.48. The fourth-order valence-electron chi connectivity index (χ4n) is 3.12. The molecule has 0 aliphatic carbocycles. The average Bonchev–Trinajstić information content (AvgIpc) is 3.22. The van der Waals surface area contributed by atoms with Crippen molar-refractivity contribution in [1.29, 1.82) is 0 Å². The number of amides is 2. The minimum Gasteiger partial charge on any atom is -0.347 e. The van der Waals surface area contributed by atoms with Crippen molar-refractivity contribution >= 4 is 11.8 Å². The summed E-state index contributed by atoms with van der Waals surface area (Å²) < 4.78 is 1.87. The van der Waals surface area contributed by atoms with Gasteiger partial charge < -0.3 is 10.2 Å². The Morgan fingerprint density at radius 2 is 2.00 bits per heavy atom. The van der Waals surface area contributed by atoms with Gasteiger partial charge in [-0.3, -0.25) is 14.3 Å². The highest BCUT2D eigenvalue weighted by Gasteiger charge is 2.29. The van der Waals surface area contributed by atoms with Gasteiger partial charge in [0.1, 0.15) is 0 Å². The molecule has 3 rings (SSSR count). The molecule has 6 heteroatoms. The van der Waals surface area contributed by atoms with Gasteiger partial charge in [0.15, 0.2) is 0 Å². The molecule has 0 saturated carbocycles. The summed E-state index contributed by atoms with van der Waals surface area (Å²) in [6.45, 7) is 6.28. The van der Waals surface area contributed by atoms with Crippen molar-refractivity contribution in [1.82, 2.24) is 20.0 Å². The second-order valence-corrected chi connectivity index (χ2v) is 6.38. The van der Waals surface area contributed by atoms with Crippen LogP contribution < -0.4 is 5.32 Å². The molecular formula is C19H24N4O2. The summed E-state index contributed by atoms with van der Waals surface area (Å²) >= 11 is 0. The molecule has 2 amide bonds. The van der Waals surface area contributed by atoms with E-state index in [4.69, 9.17) is 0 Å².